The molecule has 0 aliphatic heterocycles. The molecule has 6 nitrogen and oxygen atoms in total. The van der Waals surface area contributed by atoms with Crippen molar-refractivity contribution < 1.29 is 9.53 Å². The van der Waals surface area contributed by atoms with Crippen molar-refractivity contribution in [3.63, 3.8) is 0 Å². The first-order valence-corrected chi connectivity index (χ1v) is 8.60. The molecule has 1 aromatic carbocycles. The van der Waals surface area contributed by atoms with E-state index in [1.807, 2.05) is 25.1 Å². The molecule has 2 rings (SSSR count). The van der Waals surface area contributed by atoms with Gasteiger partial charge in [-0.2, -0.15) is 4.68 Å². The number of tetrazole rings is 1. The minimum atomic E-state index is -0.358. The number of carbonyl (C=O) groups is 1. The van der Waals surface area contributed by atoms with Crippen LogP contribution in [0.5, 0.6) is 0 Å². The summed E-state index contributed by atoms with van der Waals surface area (Å²) in [6.45, 7) is 8.43. The normalized spacial score (nSPS) is 12.2. The van der Waals surface area contributed by atoms with Gasteiger partial charge in [-0.05, 0) is 60.9 Å². The van der Waals surface area contributed by atoms with Crippen LogP contribution in [0.1, 0.15) is 37.8 Å². The molecule has 0 amide bonds. The van der Waals surface area contributed by atoms with Gasteiger partial charge in [0.05, 0.1) is 12.3 Å². The molecule has 0 aliphatic rings. The van der Waals surface area contributed by atoms with E-state index in [1.54, 1.807) is 11.6 Å². The quantitative estimate of drug-likeness (QED) is 0.440. The molecule has 1 heterocycles. The highest BCUT2D eigenvalue weighted by Gasteiger charge is 2.20. The van der Waals surface area contributed by atoms with Crippen molar-refractivity contribution in [1.82, 2.24) is 20.2 Å². The number of unbranched alkanes of at least 4 members (excludes halogenated alkanes) is 1. The van der Waals surface area contributed by atoms with Crippen molar-refractivity contribution in [3.05, 3.63) is 29.3 Å². The van der Waals surface area contributed by atoms with Gasteiger partial charge in [-0.25, -0.2) is 0 Å². The fourth-order valence-corrected chi connectivity index (χ4v) is 2.72. The molecule has 0 N–H and O–H groups in total. The number of benzene rings is 1. The molecule has 0 saturated carbocycles. The van der Waals surface area contributed by atoms with Crippen molar-refractivity contribution in [1.29, 1.82) is 0 Å². The Hall–Kier alpha value is -1.89. The van der Waals surface area contributed by atoms with Crippen LogP contribution < -0.4 is 0 Å². The lowest BCUT2D eigenvalue weighted by atomic mass is 10.1. The number of aromatic nitrogens is 4. The van der Waals surface area contributed by atoms with Crippen LogP contribution in [0.2, 0.25) is 0 Å². The summed E-state index contributed by atoms with van der Waals surface area (Å²) in [5.74, 6) is -0.238. The number of esters is 1. The van der Waals surface area contributed by atoms with Crippen LogP contribution in [0.25, 0.3) is 5.69 Å². The van der Waals surface area contributed by atoms with Gasteiger partial charge >= 0.3 is 5.97 Å². The molecular formula is C16H22N4O2S. The molecule has 0 aliphatic carbocycles. The van der Waals surface area contributed by atoms with Gasteiger partial charge in [-0.15, -0.1) is 5.10 Å². The zero-order valence-electron chi connectivity index (χ0n) is 13.9. The van der Waals surface area contributed by atoms with E-state index in [0.717, 1.165) is 18.5 Å². The van der Waals surface area contributed by atoms with E-state index in [2.05, 4.69) is 29.4 Å². The molecule has 23 heavy (non-hydrogen) atoms. The first-order chi connectivity index (χ1) is 11.0. The lowest BCUT2D eigenvalue weighted by Gasteiger charge is -2.11. The average molecular weight is 334 g/mol. The first kappa shape index (κ1) is 17.5. The zero-order valence-corrected chi connectivity index (χ0v) is 14.8. The summed E-state index contributed by atoms with van der Waals surface area (Å²) in [6, 6.07) is 6.02. The summed E-state index contributed by atoms with van der Waals surface area (Å²) < 4.78 is 6.88. The predicted octanol–water partition coefficient (Wildman–Crippen LogP) is 3.10. The van der Waals surface area contributed by atoms with Gasteiger partial charge in [-0.1, -0.05) is 31.2 Å². The van der Waals surface area contributed by atoms with Crippen LogP contribution in [0.4, 0.5) is 0 Å². The van der Waals surface area contributed by atoms with Crippen molar-refractivity contribution in [2.24, 2.45) is 0 Å². The first-order valence-electron chi connectivity index (χ1n) is 7.72. The third-order valence-electron chi connectivity index (χ3n) is 3.53. The van der Waals surface area contributed by atoms with Gasteiger partial charge in [0.25, 0.3) is 0 Å². The number of aryl methyl sites for hydroxylation is 2. The largest absolute Gasteiger partial charge is 0.465 e. The van der Waals surface area contributed by atoms with E-state index in [4.69, 9.17) is 4.74 Å². The van der Waals surface area contributed by atoms with Gasteiger partial charge < -0.3 is 4.74 Å². The fourth-order valence-electron chi connectivity index (χ4n) is 1.91. The van der Waals surface area contributed by atoms with Crippen molar-refractivity contribution in [2.45, 2.75) is 50.9 Å². The van der Waals surface area contributed by atoms with Crippen molar-refractivity contribution >= 4 is 17.7 Å². The second-order valence-corrected chi connectivity index (χ2v) is 6.73. The van der Waals surface area contributed by atoms with Crippen LogP contribution >= 0.6 is 11.8 Å². The molecule has 0 saturated heterocycles. The minimum absolute atomic E-state index is 0.238. The van der Waals surface area contributed by atoms with Gasteiger partial charge in [0.1, 0.15) is 5.25 Å². The van der Waals surface area contributed by atoms with Crippen LogP contribution in [0.3, 0.4) is 0 Å². The van der Waals surface area contributed by atoms with Gasteiger partial charge in [-0.3, -0.25) is 4.79 Å². The predicted molar refractivity (Wildman–Crippen MR) is 89.8 cm³/mol. The summed E-state index contributed by atoms with van der Waals surface area (Å²) in [4.78, 5) is 12.0. The van der Waals surface area contributed by atoms with Gasteiger partial charge in [0.15, 0.2) is 0 Å². The molecule has 0 radical (unpaired) electrons. The number of hydrogen-bond donors (Lipinski definition) is 0. The monoisotopic (exact) mass is 334 g/mol. The Labute approximate surface area is 140 Å². The molecule has 0 bridgehead atoms. The third-order valence-corrected chi connectivity index (χ3v) is 4.54. The highest BCUT2D eigenvalue weighted by molar-refractivity contribution is 8.00. The Morgan fingerprint density at radius 3 is 2.83 bits per heavy atom. The molecule has 1 aromatic heterocycles. The summed E-state index contributed by atoms with van der Waals surface area (Å²) >= 11 is 1.30. The molecule has 2 aromatic rings. The van der Waals surface area contributed by atoms with E-state index in [9.17, 15) is 4.79 Å². The summed E-state index contributed by atoms with van der Waals surface area (Å²) in [6.07, 6.45) is 1.88. The summed E-state index contributed by atoms with van der Waals surface area (Å²) in [5, 5.41) is 12.0. The van der Waals surface area contributed by atoms with Gasteiger partial charge in [0.2, 0.25) is 5.16 Å². The lowest BCUT2D eigenvalue weighted by Crippen LogP contribution is -2.18. The minimum Gasteiger partial charge on any atom is -0.465 e. The van der Waals surface area contributed by atoms with Crippen LogP contribution in [0, 0.1) is 13.8 Å². The number of ether oxygens (including phenoxy) is 1. The SMILES string of the molecule is CCCCOC(=O)C(C)Sc1nnnn1-c1ccc(C)c(C)c1. The highest BCUT2D eigenvalue weighted by Crippen LogP contribution is 2.24. The number of thioether (sulfide) groups is 1. The molecular weight excluding hydrogens is 312 g/mol. The Bertz CT molecular complexity index is 672. The molecule has 0 spiro atoms. The Balaban J connectivity index is 2.08. The van der Waals surface area contributed by atoms with Crippen LogP contribution in [-0.4, -0.2) is 38.0 Å². The highest BCUT2D eigenvalue weighted by atomic mass is 32.2. The Morgan fingerprint density at radius 2 is 2.13 bits per heavy atom. The van der Waals surface area contributed by atoms with Crippen molar-refractivity contribution in [2.75, 3.05) is 6.61 Å². The molecule has 7 heteroatoms. The molecule has 1 atom stereocenters. The molecule has 124 valence electrons. The smallest absolute Gasteiger partial charge is 0.319 e. The van der Waals surface area contributed by atoms with Crippen molar-refractivity contribution in [3.8, 4) is 5.69 Å². The topological polar surface area (TPSA) is 69.9 Å². The number of hydrogen-bond acceptors (Lipinski definition) is 6. The second kappa shape index (κ2) is 8.10. The number of rotatable bonds is 7. The van der Waals surface area contributed by atoms with Crippen LogP contribution in [0.15, 0.2) is 23.4 Å². The maximum absolute atomic E-state index is 12.0. The van der Waals surface area contributed by atoms with E-state index >= 15 is 0 Å². The zero-order chi connectivity index (χ0) is 16.8. The second-order valence-electron chi connectivity index (χ2n) is 5.42. The maximum Gasteiger partial charge on any atom is 0.319 e. The van der Waals surface area contributed by atoms with Gasteiger partial charge in [0, 0.05) is 0 Å². The summed E-state index contributed by atoms with van der Waals surface area (Å²) in [5.41, 5.74) is 3.26. The molecule has 1 unspecified atom stereocenters. The van der Waals surface area contributed by atoms with E-state index in [1.165, 1.54) is 22.9 Å². The Kier molecular flexibility index (Phi) is 6.15. The number of nitrogens with zero attached hydrogens (tertiary/aromatic N) is 4. The number of carbonyl (C=O) groups excluding carboxylic acids is 1. The van der Waals surface area contributed by atoms with E-state index in [-0.39, 0.29) is 11.2 Å². The van der Waals surface area contributed by atoms with Crippen LogP contribution in [-0.2, 0) is 9.53 Å². The maximum atomic E-state index is 12.0. The fraction of sp³-hybridized carbons (Fsp3) is 0.500. The van der Waals surface area contributed by atoms with E-state index < -0.39 is 0 Å². The standard InChI is InChI=1S/C16H22N4O2S/c1-5-6-9-22-15(21)13(4)23-16-17-18-19-20(16)14-8-7-11(2)12(3)10-14/h7-8,10,13H,5-6,9H2,1-4H3. The third kappa shape index (κ3) is 4.54. The van der Waals surface area contributed by atoms with E-state index in [0.29, 0.717) is 11.8 Å². The average Bonchev–Trinajstić information content (AvgIpc) is 2.98. The lowest BCUT2D eigenvalue weighted by molar-refractivity contribution is -0.142. The molecule has 0 fully saturated rings. The Morgan fingerprint density at radius 1 is 1.35 bits per heavy atom. The summed E-state index contributed by atoms with van der Waals surface area (Å²) in [7, 11) is 0.